The molecule has 0 saturated carbocycles. The van der Waals surface area contributed by atoms with Crippen molar-refractivity contribution in [3.8, 4) is 0 Å². The fourth-order valence-electron chi connectivity index (χ4n) is 2.67. The summed E-state index contributed by atoms with van der Waals surface area (Å²) in [6.45, 7) is 7.23. The molecule has 28 heavy (non-hydrogen) atoms. The highest BCUT2D eigenvalue weighted by Crippen LogP contribution is 2.18. The van der Waals surface area contributed by atoms with Crippen LogP contribution in [0.25, 0.3) is 0 Å². The summed E-state index contributed by atoms with van der Waals surface area (Å²) < 4.78 is 26.8. The van der Waals surface area contributed by atoms with Crippen LogP contribution in [0.4, 0.5) is 5.69 Å². The van der Waals surface area contributed by atoms with Crippen LogP contribution in [0, 0.1) is 0 Å². The summed E-state index contributed by atoms with van der Waals surface area (Å²) in [6, 6.07) is 12.8. The van der Waals surface area contributed by atoms with Crippen LogP contribution in [-0.2, 0) is 14.8 Å². The van der Waals surface area contributed by atoms with E-state index < -0.39 is 16.1 Å². The monoisotopic (exact) mass is 423 g/mol. The molecule has 0 bridgehead atoms. The van der Waals surface area contributed by atoms with E-state index in [1.165, 1.54) is 12.1 Å². The third kappa shape index (κ3) is 6.31. The van der Waals surface area contributed by atoms with Crippen LogP contribution in [0.5, 0.6) is 0 Å². The average Bonchev–Trinajstić information content (AvgIpc) is 2.61. The number of hydrogen-bond acceptors (Lipinski definition) is 4. The van der Waals surface area contributed by atoms with E-state index in [1.54, 1.807) is 39.0 Å². The van der Waals surface area contributed by atoms with E-state index in [-0.39, 0.29) is 22.9 Å². The summed E-state index contributed by atoms with van der Waals surface area (Å²) in [7, 11) is -3.56. The minimum Gasteiger partial charge on any atom is -0.325 e. The molecule has 0 aliphatic rings. The highest BCUT2D eigenvalue weighted by Gasteiger charge is 2.18. The van der Waals surface area contributed by atoms with Gasteiger partial charge in [-0.1, -0.05) is 23.7 Å². The lowest BCUT2D eigenvalue weighted by Crippen LogP contribution is -2.39. The fourth-order valence-corrected chi connectivity index (χ4v) is 4.12. The first-order valence-corrected chi connectivity index (χ1v) is 10.9. The normalized spacial score (nSPS) is 13.9. The molecule has 0 fully saturated rings. The van der Waals surface area contributed by atoms with Gasteiger partial charge in [0, 0.05) is 22.8 Å². The fraction of sp³-hybridized carbons (Fsp3) is 0.350. The Kier molecular flexibility index (Phi) is 7.60. The minimum atomic E-state index is -3.56. The number of hydrogen-bond donors (Lipinski definition) is 3. The summed E-state index contributed by atoms with van der Waals surface area (Å²) in [5, 5.41) is 6.65. The topological polar surface area (TPSA) is 87.3 Å². The predicted molar refractivity (Wildman–Crippen MR) is 113 cm³/mol. The maximum Gasteiger partial charge on any atom is 0.241 e. The lowest BCUT2D eigenvalue weighted by Gasteiger charge is -2.20. The third-order valence-corrected chi connectivity index (χ3v) is 5.97. The molecule has 0 aliphatic carbocycles. The molecule has 0 saturated heterocycles. The molecule has 6 nitrogen and oxygen atoms in total. The van der Waals surface area contributed by atoms with Crippen molar-refractivity contribution in [2.75, 3.05) is 5.32 Å². The van der Waals surface area contributed by atoms with Crippen molar-refractivity contribution in [2.24, 2.45) is 0 Å². The predicted octanol–water partition coefficient (Wildman–Crippen LogP) is 3.70. The zero-order valence-corrected chi connectivity index (χ0v) is 17.9. The van der Waals surface area contributed by atoms with Crippen LogP contribution >= 0.6 is 11.6 Å². The molecule has 0 radical (unpaired) electrons. The van der Waals surface area contributed by atoms with Crippen LogP contribution in [0.15, 0.2) is 53.4 Å². The second kappa shape index (κ2) is 9.52. The number of amides is 1. The number of rotatable bonds is 8. The SMILES string of the molecule is CC(C)NS(=O)(=O)c1ccc(NC(=O)C(C)NC(C)c2cccc(Cl)c2)cc1. The smallest absolute Gasteiger partial charge is 0.241 e. The summed E-state index contributed by atoms with van der Waals surface area (Å²) in [6.07, 6.45) is 0. The molecule has 3 N–H and O–H groups in total. The van der Waals surface area contributed by atoms with Gasteiger partial charge in [0.05, 0.1) is 10.9 Å². The van der Waals surface area contributed by atoms with E-state index in [1.807, 2.05) is 25.1 Å². The van der Waals surface area contributed by atoms with Gasteiger partial charge in [0.1, 0.15) is 0 Å². The quantitative estimate of drug-likeness (QED) is 0.604. The number of sulfonamides is 1. The van der Waals surface area contributed by atoms with E-state index in [0.717, 1.165) is 5.56 Å². The summed E-state index contributed by atoms with van der Waals surface area (Å²) >= 11 is 6.01. The van der Waals surface area contributed by atoms with Gasteiger partial charge < -0.3 is 5.32 Å². The van der Waals surface area contributed by atoms with Gasteiger partial charge in [0.15, 0.2) is 0 Å². The first kappa shape index (κ1) is 22.4. The zero-order chi connectivity index (χ0) is 20.9. The molecule has 1 amide bonds. The van der Waals surface area contributed by atoms with Crippen LogP contribution in [-0.4, -0.2) is 26.4 Å². The zero-order valence-electron chi connectivity index (χ0n) is 16.4. The summed E-state index contributed by atoms with van der Waals surface area (Å²) in [5.74, 6) is -0.218. The van der Waals surface area contributed by atoms with Gasteiger partial charge in [0.25, 0.3) is 0 Å². The number of halogens is 1. The molecular formula is C20H26ClN3O3S. The first-order valence-electron chi connectivity index (χ1n) is 9.03. The molecule has 0 spiro atoms. The second-order valence-corrected chi connectivity index (χ2v) is 9.11. The second-order valence-electron chi connectivity index (χ2n) is 6.95. The molecule has 2 aromatic carbocycles. The van der Waals surface area contributed by atoms with Crippen molar-refractivity contribution >= 4 is 33.2 Å². The first-order chi connectivity index (χ1) is 13.1. The van der Waals surface area contributed by atoms with Gasteiger partial charge in [-0.25, -0.2) is 13.1 Å². The molecular weight excluding hydrogens is 398 g/mol. The summed E-state index contributed by atoms with van der Waals surface area (Å²) in [5.41, 5.74) is 1.51. The Balaban J connectivity index is 1.98. The lowest BCUT2D eigenvalue weighted by molar-refractivity contribution is -0.117. The third-order valence-electron chi connectivity index (χ3n) is 4.06. The standard InChI is InChI=1S/C20H26ClN3O3S/c1-13(2)24-28(26,27)19-10-8-18(9-11-19)23-20(25)15(4)22-14(3)16-6-5-7-17(21)12-16/h5-15,22,24H,1-4H3,(H,23,25). The number of nitrogens with one attached hydrogen (secondary N) is 3. The van der Waals surface area contributed by atoms with Crippen molar-refractivity contribution in [1.82, 2.24) is 10.0 Å². The van der Waals surface area contributed by atoms with Gasteiger partial charge in [-0.3, -0.25) is 10.1 Å². The van der Waals surface area contributed by atoms with E-state index in [4.69, 9.17) is 11.6 Å². The Labute approximate surface area is 171 Å². The van der Waals surface area contributed by atoms with E-state index >= 15 is 0 Å². The van der Waals surface area contributed by atoms with E-state index in [9.17, 15) is 13.2 Å². The summed E-state index contributed by atoms with van der Waals surface area (Å²) in [4.78, 5) is 12.6. The maximum absolute atomic E-state index is 12.4. The molecule has 8 heteroatoms. The van der Waals surface area contributed by atoms with Crippen molar-refractivity contribution in [1.29, 1.82) is 0 Å². The Morgan fingerprint density at radius 2 is 1.64 bits per heavy atom. The largest absolute Gasteiger partial charge is 0.325 e. The van der Waals surface area contributed by atoms with Crippen molar-refractivity contribution < 1.29 is 13.2 Å². The van der Waals surface area contributed by atoms with Crippen molar-refractivity contribution in [3.05, 3.63) is 59.1 Å². The number of carbonyl (C=O) groups is 1. The lowest BCUT2D eigenvalue weighted by atomic mass is 10.1. The van der Waals surface area contributed by atoms with Crippen LogP contribution in [0.2, 0.25) is 5.02 Å². The number of anilines is 1. The highest BCUT2D eigenvalue weighted by atomic mass is 35.5. The Morgan fingerprint density at radius 1 is 1.00 bits per heavy atom. The molecule has 0 aromatic heterocycles. The van der Waals surface area contributed by atoms with Crippen LogP contribution in [0.1, 0.15) is 39.3 Å². The molecule has 0 aliphatic heterocycles. The molecule has 0 heterocycles. The highest BCUT2D eigenvalue weighted by molar-refractivity contribution is 7.89. The Bertz CT molecular complexity index is 915. The van der Waals surface area contributed by atoms with E-state index in [2.05, 4.69) is 15.4 Å². The number of carbonyl (C=O) groups excluding carboxylic acids is 1. The molecule has 152 valence electrons. The van der Waals surface area contributed by atoms with Gasteiger partial charge in [-0.05, 0) is 69.7 Å². The average molecular weight is 424 g/mol. The van der Waals surface area contributed by atoms with Gasteiger partial charge in [-0.15, -0.1) is 0 Å². The van der Waals surface area contributed by atoms with Crippen molar-refractivity contribution in [2.45, 2.75) is 50.7 Å². The molecule has 2 unspecified atom stereocenters. The molecule has 2 aromatic rings. The number of benzene rings is 2. The van der Waals surface area contributed by atoms with E-state index in [0.29, 0.717) is 10.7 Å². The van der Waals surface area contributed by atoms with Crippen molar-refractivity contribution in [3.63, 3.8) is 0 Å². The van der Waals surface area contributed by atoms with Crippen LogP contribution < -0.4 is 15.4 Å². The molecule has 2 atom stereocenters. The molecule has 2 rings (SSSR count). The Morgan fingerprint density at radius 3 is 2.21 bits per heavy atom. The maximum atomic E-state index is 12.4. The Hall–Kier alpha value is -1.93. The van der Waals surface area contributed by atoms with Gasteiger partial charge in [0.2, 0.25) is 15.9 Å². The van der Waals surface area contributed by atoms with Gasteiger partial charge >= 0.3 is 0 Å². The minimum absolute atomic E-state index is 0.0610. The van der Waals surface area contributed by atoms with Gasteiger partial charge in [-0.2, -0.15) is 0 Å². The van der Waals surface area contributed by atoms with Crippen LogP contribution in [0.3, 0.4) is 0 Å².